The molecule has 0 spiro atoms. The number of nitrogens with two attached hydrogens (primary N) is 1. The van der Waals surface area contributed by atoms with E-state index in [2.05, 4.69) is 31.1 Å². The van der Waals surface area contributed by atoms with Gasteiger partial charge in [0.25, 0.3) is 0 Å². The highest BCUT2D eigenvalue weighted by atomic mass is 15.1. The summed E-state index contributed by atoms with van der Waals surface area (Å²) in [5.74, 6) is 1.21. The molecule has 3 N–H and O–H groups in total. The Kier molecular flexibility index (Phi) is 6.53. The monoisotopic (exact) mass is 171 g/mol. The van der Waals surface area contributed by atoms with E-state index in [-0.39, 0.29) is 0 Å². The van der Waals surface area contributed by atoms with Crippen LogP contribution in [0.5, 0.6) is 0 Å². The SMILES string of the molecule is CCCNC(N)=NCC(C)CC. The van der Waals surface area contributed by atoms with Crippen LogP contribution in [0.15, 0.2) is 4.99 Å². The molecule has 0 heterocycles. The predicted octanol–water partition coefficient (Wildman–Crippen LogP) is 1.35. The van der Waals surface area contributed by atoms with Crippen LogP contribution in [0.2, 0.25) is 0 Å². The van der Waals surface area contributed by atoms with Crippen LogP contribution in [-0.2, 0) is 0 Å². The molecule has 0 aliphatic carbocycles. The van der Waals surface area contributed by atoms with Crippen LogP contribution < -0.4 is 11.1 Å². The minimum absolute atomic E-state index is 0.581. The van der Waals surface area contributed by atoms with E-state index in [1.165, 1.54) is 0 Å². The zero-order valence-corrected chi connectivity index (χ0v) is 8.43. The van der Waals surface area contributed by atoms with Gasteiger partial charge in [0.05, 0.1) is 0 Å². The van der Waals surface area contributed by atoms with Gasteiger partial charge in [0.2, 0.25) is 0 Å². The molecule has 1 unspecified atom stereocenters. The third-order valence-electron chi connectivity index (χ3n) is 1.83. The number of rotatable bonds is 5. The van der Waals surface area contributed by atoms with Gasteiger partial charge >= 0.3 is 0 Å². The second-order valence-corrected chi connectivity index (χ2v) is 3.17. The number of nitrogens with zero attached hydrogens (tertiary/aromatic N) is 1. The first-order valence-corrected chi connectivity index (χ1v) is 4.74. The van der Waals surface area contributed by atoms with Crippen LogP contribution in [0.25, 0.3) is 0 Å². The standard InChI is InChI=1S/C9H21N3/c1-4-6-11-9(10)12-7-8(3)5-2/h8H,4-7H2,1-3H3,(H3,10,11,12). The summed E-state index contributed by atoms with van der Waals surface area (Å²) < 4.78 is 0. The molecular formula is C9H21N3. The number of aliphatic imine (C=N–C) groups is 1. The van der Waals surface area contributed by atoms with E-state index in [4.69, 9.17) is 5.73 Å². The van der Waals surface area contributed by atoms with E-state index < -0.39 is 0 Å². The quantitative estimate of drug-likeness (QED) is 0.484. The molecule has 0 fully saturated rings. The predicted molar refractivity (Wildman–Crippen MR) is 54.2 cm³/mol. The van der Waals surface area contributed by atoms with Crippen molar-refractivity contribution in [3.05, 3.63) is 0 Å². The van der Waals surface area contributed by atoms with E-state index >= 15 is 0 Å². The summed E-state index contributed by atoms with van der Waals surface area (Å²) in [6, 6.07) is 0. The molecule has 0 aromatic rings. The van der Waals surface area contributed by atoms with Crippen molar-refractivity contribution in [3.63, 3.8) is 0 Å². The smallest absolute Gasteiger partial charge is 0.188 e. The third kappa shape index (κ3) is 6.01. The van der Waals surface area contributed by atoms with Crippen LogP contribution >= 0.6 is 0 Å². The Morgan fingerprint density at radius 1 is 1.50 bits per heavy atom. The van der Waals surface area contributed by atoms with Crippen molar-refractivity contribution in [2.75, 3.05) is 13.1 Å². The van der Waals surface area contributed by atoms with E-state index in [9.17, 15) is 0 Å². The number of nitrogens with one attached hydrogen (secondary N) is 1. The molecule has 12 heavy (non-hydrogen) atoms. The summed E-state index contributed by atoms with van der Waals surface area (Å²) in [5, 5.41) is 3.04. The summed E-state index contributed by atoms with van der Waals surface area (Å²) >= 11 is 0. The van der Waals surface area contributed by atoms with Crippen molar-refractivity contribution in [2.24, 2.45) is 16.6 Å². The van der Waals surface area contributed by atoms with E-state index in [0.29, 0.717) is 11.9 Å². The van der Waals surface area contributed by atoms with E-state index in [1.54, 1.807) is 0 Å². The van der Waals surface area contributed by atoms with Crippen molar-refractivity contribution in [2.45, 2.75) is 33.6 Å². The molecule has 72 valence electrons. The number of hydrogen-bond donors (Lipinski definition) is 2. The van der Waals surface area contributed by atoms with Crippen LogP contribution in [0.1, 0.15) is 33.6 Å². The normalized spacial score (nSPS) is 14.4. The van der Waals surface area contributed by atoms with Gasteiger partial charge in [-0.1, -0.05) is 27.2 Å². The first kappa shape index (κ1) is 11.3. The van der Waals surface area contributed by atoms with Crippen molar-refractivity contribution < 1.29 is 0 Å². The van der Waals surface area contributed by atoms with Gasteiger partial charge < -0.3 is 11.1 Å². The lowest BCUT2D eigenvalue weighted by molar-refractivity contribution is 0.575. The minimum atomic E-state index is 0.581. The third-order valence-corrected chi connectivity index (χ3v) is 1.83. The highest BCUT2D eigenvalue weighted by Gasteiger charge is 1.96. The molecular weight excluding hydrogens is 150 g/mol. The largest absolute Gasteiger partial charge is 0.370 e. The Morgan fingerprint density at radius 3 is 2.67 bits per heavy atom. The summed E-state index contributed by atoms with van der Waals surface area (Å²) in [4.78, 5) is 4.22. The Balaban J connectivity index is 3.53. The first-order chi connectivity index (χ1) is 5.70. The second kappa shape index (κ2) is 6.95. The Morgan fingerprint density at radius 2 is 2.17 bits per heavy atom. The molecule has 0 rings (SSSR count). The van der Waals surface area contributed by atoms with Gasteiger partial charge in [-0.25, -0.2) is 0 Å². The van der Waals surface area contributed by atoms with E-state index in [1.807, 2.05) is 0 Å². The number of hydrogen-bond acceptors (Lipinski definition) is 1. The Bertz CT molecular complexity index is 132. The molecule has 0 radical (unpaired) electrons. The molecule has 0 bridgehead atoms. The zero-order valence-electron chi connectivity index (χ0n) is 8.43. The Hall–Kier alpha value is -0.730. The first-order valence-electron chi connectivity index (χ1n) is 4.74. The lowest BCUT2D eigenvalue weighted by Gasteiger charge is -2.06. The summed E-state index contributed by atoms with van der Waals surface area (Å²) in [7, 11) is 0. The van der Waals surface area contributed by atoms with Gasteiger partial charge in [0.1, 0.15) is 0 Å². The van der Waals surface area contributed by atoms with Gasteiger partial charge in [-0.2, -0.15) is 0 Å². The van der Waals surface area contributed by atoms with Gasteiger partial charge in [-0.05, 0) is 12.3 Å². The lowest BCUT2D eigenvalue weighted by Crippen LogP contribution is -2.32. The van der Waals surface area contributed by atoms with Crippen LogP contribution in [0.3, 0.4) is 0 Å². The summed E-state index contributed by atoms with van der Waals surface area (Å²) in [5.41, 5.74) is 5.60. The molecule has 0 aromatic heterocycles. The minimum Gasteiger partial charge on any atom is -0.370 e. The van der Waals surface area contributed by atoms with E-state index in [0.717, 1.165) is 25.9 Å². The fourth-order valence-electron chi connectivity index (χ4n) is 0.692. The van der Waals surface area contributed by atoms with Crippen molar-refractivity contribution in [3.8, 4) is 0 Å². The highest BCUT2D eigenvalue weighted by Crippen LogP contribution is 1.99. The van der Waals surface area contributed by atoms with Crippen molar-refractivity contribution in [1.29, 1.82) is 0 Å². The van der Waals surface area contributed by atoms with Crippen LogP contribution in [0.4, 0.5) is 0 Å². The maximum atomic E-state index is 5.60. The average Bonchev–Trinajstić information content (AvgIpc) is 2.10. The zero-order chi connectivity index (χ0) is 9.40. The molecule has 0 aliphatic heterocycles. The highest BCUT2D eigenvalue weighted by molar-refractivity contribution is 5.77. The second-order valence-electron chi connectivity index (χ2n) is 3.17. The number of guanidine groups is 1. The average molecular weight is 171 g/mol. The van der Waals surface area contributed by atoms with Gasteiger partial charge in [0, 0.05) is 13.1 Å². The molecule has 3 nitrogen and oxygen atoms in total. The van der Waals surface area contributed by atoms with Gasteiger partial charge in [-0.3, -0.25) is 4.99 Å². The Labute approximate surface area is 75.4 Å². The molecule has 0 saturated heterocycles. The fraction of sp³-hybridized carbons (Fsp3) is 0.889. The van der Waals surface area contributed by atoms with Crippen LogP contribution in [-0.4, -0.2) is 19.0 Å². The van der Waals surface area contributed by atoms with Gasteiger partial charge in [-0.15, -0.1) is 0 Å². The molecule has 0 aliphatic rings. The van der Waals surface area contributed by atoms with Crippen molar-refractivity contribution >= 4 is 5.96 Å². The maximum absolute atomic E-state index is 5.60. The van der Waals surface area contributed by atoms with Crippen molar-refractivity contribution in [1.82, 2.24) is 5.32 Å². The maximum Gasteiger partial charge on any atom is 0.188 e. The summed E-state index contributed by atoms with van der Waals surface area (Å²) in [6.07, 6.45) is 2.24. The lowest BCUT2D eigenvalue weighted by atomic mass is 10.1. The van der Waals surface area contributed by atoms with Gasteiger partial charge in [0.15, 0.2) is 5.96 Å². The molecule has 3 heteroatoms. The molecule has 0 aromatic carbocycles. The molecule has 0 saturated carbocycles. The molecule has 0 amide bonds. The topological polar surface area (TPSA) is 50.4 Å². The van der Waals surface area contributed by atoms with Crippen LogP contribution in [0, 0.1) is 5.92 Å². The fourth-order valence-corrected chi connectivity index (χ4v) is 0.692. The molecule has 1 atom stereocenters. The summed E-state index contributed by atoms with van der Waals surface area (Å²) in [6.45, 7) is 8.19.